The van der Waals surface area contributed by atoms with Crippen molar-refractivity contribution in [3.63, 3.8) is 0 Å². The van der Waals surface area contributed by atoms with Crippen molar-refractivity contribution in [3.8, 4) is 0 Å². The number of nitrogens with zero attached hydrogens (tertiary/aromatic N) is 1. The van der Waals surface area contributed by atoms with Crippen molar-refractivity contribution in [1.29, 1.82) is 0 Å². The normalized spacial score (nSPS) is 11.2. The molecule has 3 aromatic carbocycles. The van der Waals surface area contributed by atoms with Gasteiger partial charge >= 0.3 is 0 Å². The number of anilines is 2. The molecule has 156 valence electrons. The minimum Gasteiger partial charge on any atom is -0.323 e. The molecule has 0 spiro atoms. The fourth-order valence-electron chi connectivity index (χ4n) is 2.62. The Balaban J connectivity index is 2.01. The molecule has 0 saturated heterocycles. The lowest BCUT2D eigenvalue weighted by Gasteiger charge is -2.25. The highest BCUT2D eigenvalue weighted by Gasteiger charge is 2.29. The molecule has 1 amide bonds. The molecule has 0 unspecified atom stereocenters. The fraction of sp³-hybridized carbons (Fsp3) is 0.0500. The summed E-state index contributed by atoms with van der Waals surface area (Å²) in [6.07, 6.45) is 0. The van der Waals surface area contributed by atoms with Gasteiger partial charge in [0.05, 0.1) is 36.4 Å². The van der Waals surface area contributed by atoms with Gasteiger partial charge in [-0.15, -0.1) is 0 Å². The van der Waals surface area contributed by atoms with E-state index in [4.69, 9.17) is 46.4 Å². The van der Waals surface area contributed by atoms with E-state index >= 15 is 0 Å². The van der Waals surface area contributed by atoms with Crippen LogP contribution < -0.4 is 9.62 Å². The number of carbonyl (C=O) groups is 1. The second kappa shape index (κ2) is 9.45. The highest BCUT2D eigenvalue weighted by atomic mass is 35.5. The van der Waals surface area contributed by atoms with Crippen LogP contribution in [0.3, 0.4) is 0 Å². The van der Waals surface area contributed by atoms with Gasteiger partial charge in [0.2, 0.25) is 5.91 Å². The minimum atomic E-state index is -4.13. The van der Waals surface area contributed by atoms with Gasteiger partial charge in [-0.25, -0.2) is 8.42 Å². The Labute approximate surface area is 194 Å². The number of rotatable bonds is 6. The Bertz CT molecular complexity index is 1190. The zero-order valence-electron chi connectivity index (χ0n) is 15.2. The van der Waals surface area contributed by atoms with E-state index in [0.717, 1.165) is 4.31 Å². The molecule has 1 N–H and O–H groups in total. The number of halogens is 4. The molecular weight excluding hydrogens is 490 g/mol. The summed E-state index contributed by atoms with van der Waals surface area (Å²) in [4.78, 5) is 12.7. The molecule has 0 bridgehead atoms. The van der Waals surface area contributed by atoms with Crippen molar-refractivity contribution >= 4 is 73.7 Å². The van der Waals surface area contributed by atoms with Gasteiger partial charge in [-0.1, -0.05) is 76.7 Å². The third kappa shape index (κ3) is 4.85. The Hall–Kier alpha value is -1.96. The van der Waals surface area contributed by atoms with E-state index in [0.29, 0.717) is 0 Å². The monoisotopic (exact) mass is 502 g/mol. The predicted octanol–water partition coefficient (Wildman–Crippen LogP) is 6.13. The largest absolute Gasteiger partial charge is 0.323 e. The zero-order chi connectivity index (χ0) is 21.9. The van der Waals surface area contributed by atoms with Gasteiger partial charge in [-0.3, -0.25) is 9.10 Å². The molecule has 0 atom stereocenters. The van der Waals surface area contributed by atoms with Gasteiger partial charge in [-0.2, -0.15) is 0 Å². The lowest BCUT2D eigenvalue weighted by molar-refractivity contribution is -0.114. The molecule has 0 heterocycles. The number of benzene rings is 3. The van der Waals surface area contributed by atoms with E-state index in [1.165, 1.54) is 24.3 Å². The topological polar surface area (TPSA) is 66.5 Å². The van der Waals surface area contributed by atoms with E-state index in [-0.39, 0.29) is 36.4 Å². The molecule has 3 aromatic rings. The summed E-state index contributed by atoms with van der Waals surface area (Å²) >= 11 is 24.4. The van der Waals surface area contributed by atoms with E-state index in [1.807, 2.05) is 0 Å². The summed E-state index contributed by atoms with van der Waals surface area (Å²) in [6, 6.07) is 16.9. The van der Waals surface area contributed by atoms with Crippen molar-refractivity contribution in [2.24, 2.45) is 0 Å². The van der Waals surface area contributed by atoms with Gasteiger partial charge < -0.3 is 5.32 Å². The summed E-state index contributed by atoms with van der Waals surface area (Å²) in [6.45, 7) is -0.569. The SMILES string of the molecule is O=C(CN(c1cccc(Cl)c1Cl)S(=O)(=O)c1ccccc1)Nc1cccc(Cl)c1Cl. The summed E-state index contributed by atoms with van der Waals surface area (Å²) < 4.78 is 27.5. The highest BCUT2D eigenvalue weighted by Crippen LogP contribution is 2.35. The number of nitrogens with one attached hydrogen (secondary N) is 1. The van der Waals surface area contributed by atoms with Crippen LogP contribution in [0.4, 0.5) is 11.4 Å². The third-order valence-corrected chi connectivity index (χ3v) is 7.45. The quantitative estimate of drug-likeness (QED) is 0.439. The summed E-state index contributed by atoms with van der Waals surface area (Å²) in [7, 11) is -4.13. The van der Waals surface area contributed by atoms with Gasteiger partial charge in [-0.05, 0) is 36.4 Å². The molecule has 0 aliphatic rings. The maximum atomic E-state index is 13.3. The van der Waals surface area contributed by atoms with E-state index in [9.17, 15) is 13.2 Å². The maximum Gasteiger partial charge on any atom is 0.264 e. The van der Waals surface area contributed by atoms with Crippen molar-refractivity contribution in [2.75, 3.05) is 16.2 Å². The standard InChI is InChI=1S/C20H14Cl4N2O3S/c21-14-8-4-10-16(19(14)23)25-18(27)12-26(17-11-5-9-15(22)20(17)24)30(28,29)13-6-2-1-3-7-13/h1-11H,12H2,(H,25,27). The van der Waals surface area contributed by atoms with Crippen molar-refractivity contribution in [3.05, 3.63) is 86.8 Å². The lowest BCUT2D eigenvalue weighted by Crippen LogP contribution is -2.38. The van der Waals surface area contributed by atoms with Crippen LogP contribution in [0.1, 0.15) is 0 Å². The second-order valence-corrected chi connectivity index (χ2v) is 9.48. The first-order chi connectivity index (χ1) is 14.2. The number of carbonyl (C=O) groups excluding carboxylic acids is 1. The van der Waals surface area contributed by atoms with Crippen molar-refractivity contribution < 1.29 is 13.2 Å². The average molecular weight is 504 g/mol. The van der Waals surface area contributed by atoms with Crippen LogP contribution in [0.5, 0.6) is 0 Å². The molecule has 0 saturated carbocycles. The maximum absolute atomic E-state index is 13.3. The van der Waals surface area contributed by atoms with Crippen molar-refractivity contribution in [2.45, 2.75) is 4.90 Å². The molecule has 10 heteroatoms. The summed E-state index contributed by atoms with van der Waals surface area (Å²) in [5.74, 6) is -0.644. The van der Waals surface area contributed by atoms with Crippen LogP contribution >= 0.6 is 46.4 Å². The Morgan fingerprint density at radius 1 is 0.800 bits per heavy atom. The van der Waals surface area contributed by atoms with Crippen LogP contribution in [-0.2, 0) is 14.8 Å². The van der Waals surface area contributed by atoms with Gasteiger partial charge in [0, 0.05) is 0 Å². The van der Waals surface area contributed by atoms with Crippen LogP contribution in [0, 0.1) is 0 Å². The molecule has 5 nitrogen and oxygen atoms in total. The highest BCUT2D eigenvalue weighted by molar-refractivity contribution is 7.92. The molecule has 0 aromatic heterocycles. The lowest BCUT2D eigenvalue weighted by atomic mass is 10.3. The number of hydrogen-bond acceptors (Lipinski definition) is 3. The first-order valence-electron chi connectivity index (χ1n) is 8.47. The Kier molecular flexibility index (Phi) is 7.16. The molecule has 0 aliphatic heterocycles. The summed E-state index contributed by atoms with van der Waals surface area (Å²) in [5, 5.41) is 3.13. The fourth-order valence-corrected chi connectivity index (χ4v) is 4.87. The minimum absolute atomic E-state index is 0.00497. The second-order valence-electron chi connectivity index (χ2n) is 6.05. The first kappa shape index (κ1) is 22.7. The average Bonchev–Trinajstić information content (AvgIpc) is 2.72. The van der Waals surface area contributed by atoms with Crippen molar-refractivity contribution in [1.82, 2.24) is 0 Å². The smallest absolute Gasteiger partial charge is 0.264 e. The van der Waals surface area contributed by atoms with Crippen LogP contribution in [0.2, 0.25) is 20.1 Å². The molecule has 0 fully saturated rings. The van der Waals surface area contributed by atoms with E-state index < -0.39 is 22.5 Å². The molecule has 0 radical (unpaired) electrons. The van der Waals surface area contributed by atoms with E-state index in [2.05, 4.69) is 5.32 Å². The Morgan fingerprint density at radius 3 is 2.07 bits per heavy atom. The third-order valence-electron chi connectivity index (χ3n) is 4.04. The molecule has 30 heavy (non-hydrogen) atoms. The number of sulfonamides is 1. The van der Waals surface area contributed by atoms with E-state index in [1.54, 1.807) is 42.5 Å². The Morgan fingerprint density at radius 2 is 1.40 bits per heavy atom. The number of amides is 1. The molecule has 0 aliphatic carbocycles. The molecule has 3 rings (SSSR count). The van der Waals surface area contributed by atoms with Crippen LogP contribution in [0.15, 0.2) is 71.6 Å². The molecular formula is C20H14Cl4N2O3S. The van der Waals surface area contributed by atoms with Crippen LogP contribution in [0.25, 0.3) is 0 Å². The van der Waals surface area contributed by atoms with Gasteiger partial charge in [0.15, 0.2) is 0 Å². The van der Waals surface area contributed by atoms with Gasteiger partial charge in [0.25, 0.3) is 10.0 Å². The zero-order valence-corrected chi connectivity index (χ0v) is 19.0. The predicted molar refractivity (Wildman–Crippen MR) is 123 cm³/mol. The first-order valence-corrected chi connectivity index (χ1v) is 11.4. The van der Waals surface area contributed by atoms with Crippen LogP contribution in [-0.4, -0.2) is 20.9 Å². The van der Waals surface area contributed by atoms with Gasteiger partial charge in [0.1, 0.15) is 6.54 Å². The summed E-state index contributed by atoms with van der Waals surface area (Å²) in [5.41, 5.74) is 0.323. The number of hydrogen-bond donors (Lipinski definition) is 1.